The highest BCUT2D eigenvalue weighted by Gasteiger charge is 2.04. The first-order chi connectivity index (χ1) is 7.75. The number of halogens is 1. The average molecular weight is 296 g/mol. The van der Waals surface area contributed by atoms with Gasteiger partial charge in [-0.05, 0) is 36.1 Å². The quantitative estimate of drug-likeness (QED) is 0.884. The van der Waals surface area contributed by atoms with Crippen LogP contribution in [-0.2, 0) is 6.54 Å². The molecule has 0 aliphatic carbocycles. The molecular formula is C13H14BrNS. The molecule has 2 rings (SSSR count). The van der Waals surface area contributed by atoms with Gasteiger partial charge in [0, 0.05) is 21.9 Å². The minimum Gasteiger partial charge on any atom is -0.305 e. The van der Waals surface area contributed by atoms with Crippen molar-refractivity contribution in [3.05, 3.63) is 56.7 Å². The second-order valence-corrected chi connectivity index (χ2v) is 5.64. The standard InChI is InChI=1S/C13H14BrNS/c1-10(13-3-2-8-16-13)15-9-11-4-6-12(14)7-5-11/h2-8,10,15H,9H2,1H3/t10-/m1/s1. The lowest BCUT2D eigenvalue weighted by molar-refractivity contribution is 0.583. The van der Waals surface area contributed by atoms with E-state index in [1.165, 1.54) is 10.4 Å². The van der Waals surface area contributed by atoms with Crippen LogP contribution in [0, 0.1) is 0 Å². The Hall–Kier alpha value is -0.640. The van der Waals surface area contributed by atoms with Crippen LogP contribution < -0.4 is 5.32 Å². The van der Waals surface area contributed by atoms with E-state index in [-0.39, 0.29) is 0 Å². The molecule has 0 amide bonds. The first-order valence-electron chi connectivity index (χ1n) is 5.27. The van der Waals surface area contributed by atoms with Gasteiger partial charge in [0.2, 0.25) is 0 Å². The van der Waals surface area contributed by atoms with Crippen molar-refractivity contribution in [1.29, 1.82) is 0 Å². The van der Waals surface area contributed by atoms with E-state index in [9.17, 15) is 0 Å². The lowest BCUT2D eigenvalue weighted by Gasteiger charge is -2.12. The highest BCUT2D eigenvalue weighted by Crippen LogP contribution is 2.18. The van der Waals surface area contributed by atoms with Crippen molar-refractivity contribution in [3.8, 4) is 0 Å². The van der Waals surface area contributed by atoms with Crippen molar-refractivity contribution in [2.24, 2.45) is 0 Å². The molecule has 0 radical (unpaired) electrons. The number of rotatable bonds is 4. The highest BCUT2D eigenvalue weighted by atomic mass is 79.9. The third-order valence-corrected chi connectivity index (χ3v) is 4.08. The van der Waals surface area contributed by atoms with Gasteiger partial charge in [-0.15, -0.1) is 11.3 Å². The minimum atomic E-state index is 0.420. The summed E-state index contributed by atoms with van der Waals surface area (Å²) in [5, 5.41) is 5.63. The van der Waals surface area contributed by atoms with Crippen LogP contribution in [0.2, 0.25) is 0 Å². The number of hydrogen-bond acceptors (Lipinski definition) is 2. The van der Waals surface area contributed by atoms with E-state index >= 15 is 0 Å². The summed E-state index contributed by atoms with van der Waals surface area (Å²) < 4.78 is 1.13. The molecule has 1 heterocycles. The second kappa shape index (κ2) is 5.62. The monoisotopic (exact) mass is 295 g/mol. The molecule has 0 bridgehead atoms. The van der Waals surface area contributed by atoms with Gasteiger partial charge < -0.3 is 5.32 Å². The van der Waals surface area contributed by atoms with Crippen LogP contribution in [0.4, 0.5) is 0 Å². The fourth-order valence-corrected chi connectivity index (χ4v) is 2.53. The maximum Gasteiger partial charge on any atom is 0.0388 e. The van der Waals surface area contributed by atoms with Gasteiger partial charge in [-0.25, -0.2) is 0 Å². The molecule has 0 aliphatic heterocycles. The summed E-state index contributed by atoms with van der Waals surface area (Å²) in [4.78, 5) is 1.39. The smallest absolute Gasteiger partial charge is 0.0388 e. The Morgan fingerprint density at radius 3 is 2.62 bits per heavy atom. The second-order valence-electron chi connectivity index (χ2n) is 3.74. The number of benzene rings is 1. The largest absolute Gasteiger partial charge is 0.305 e. The zero-order valence-electron chi connectivity index (χ0n) is 9.11. The van der Waals surface area contributed by atoms with Crippen molar-refractivity contribution in [2.75, 3.05) is 0 Å². The summed E-state index contributed by atoms with van der Waals surface area (Å²) in [7, 11) is 0. The Labute approximate surface area is 109 Å². The molecule has 0 saturated carbocycles. The molecule has 0 unspecified atom stereocenters. The fourth-order valence-electron chi connectivity index (χ4n) is 1.51. The zero-order valence-corrected chi connectivity index (χ0v) is 11.5. The van der Waals surface area contributed by atoms with E-state index in [2.05, 4.69) is 69.9 Å². The zero-order chi connectivity index (χ0) is 11.4. The van der Waals surface area contributed by atoms with Crippen LogP contribution in [0.3, 0.4) is 0 Å². The van der Waals surface area contributed by atoms with Crippen LogP contribution in [0.25, 0.3) is 0 Å². The van der Waals surface area contributed by atoms with Gasteiger partial charge in [0.05, 0.1) is 0 Å². The summed E-state index contributed by atoms with van der Waals surface area (Å²) in [6, 6.07) is 13.1. The van der Waals surface area contributed by atoms with Crippen LogP contribution in [-0.4, -0.2) is 0 Å². The molecule has 3 heteroatoms. The Bertz CT molecular complexity index is 422. The van der Waals surface area contributed by atoms with E-state index in [1.54, 1.807) is 11.3 Å². The SMILES string of the molecule is C[C@@H](NCc1ccc(Br)cc1)c1cccs1. The molecule has 1 aromatic carbocycles. The molecule has 1 aromatic heterocycles. The number of thiophene rings is 1. The molecular weight excluding hydrogens is 282 g/mol. The third kappa shape index (κ3) is 3.17. The summed E-state index contributed by atoms with van der Waals surface area (Å²) in [6.07, 6.45) is 0. The van der Waals surface area contributed by atoms with Crippen LogP contribution >= 0.6 is 27.3 Å². The summed E-state index contributed by atoms with van der Waals surface area (Å²) >= 11 is 5.24. The van der Waals surface area contributed by atoms with Gasteiger partial charge in [0.25, 0.3) is 0 Å². The van der Waals surface area contributed by atoms with Gasteiger partial charge >= 0.3 is 0 Å². The van der Waals surface area contributed by atoms with Crippen LogP contribution in [0.15, 0.2) is 46.3 Å². The fraction of sp³-hybridized carbons (Fsp3) is 0.231. The van der Waals surface area contributed by atoms with E-state index in [0.717, 1.165) is 11.0 Å². The Kier molecular flexibility index (Phi) is 4.16. The molecule has 2 aromatic rings. The number of nitrogens with one attached hydrogen (secondary N) is 1. The van der Waals surface area contributed by atoms with Crippen LogP contribution in [0.1, 0.15) is 23.4 Å². The lowest BCUT2D eigenvalue weighted by atomic mass is 10.2. The van der Waals surface area contributed by atoms with Gasteiger partial charge in [-0.3, -0.25) is 0 Å². The predicted molar refractivity (Wildman–Crippen MR) is 73.7 cm³/mol. The molecule has 0 saturated heterocycles. The maximum atomic E-state index is 3.52. The molecule has 16 heavy (non-hydrogen) atoms. The van der Waals surface area contributed by atoms with Crippen molar-refractivity contribution in [1.82, 2.24) is 5.32 Å². The normalized spacial score (nSPS) is 12.6. The van der Waals surface area contributed by atoms with Crippen molar-refractivity contribution < 1.29 is 0 Å². The van der Waals surface area contributed by atoms with E-state index in [4.69, 9.17) is 0 Å². The Balaban J connectivity index is 1.90. The molecule has 1 nitrogen and oxygen atoms in total. The lowest BCUT2D eigenvalue weighted by Crippen LogP contribution is -2.16. The summed E-state index contributed by atoms with van der Waals surface area (Å²) in [5.74, 6) is 0. The van der Waals surface area contributed by atoms with E-state index in [0.29, 0.717) is 6.04 Å². The molecule has 0 spiro atoms. The van der Waals surface area contributed by atoms with Gasteiger partial charge in [0.1, 0.15) is 0 Å². The maximum absolute atomic E-state index is 3.52. The highest BCUT2D eigenvalue weighted by molar-refractivity contribution is 9.10. The minimum absolute atomic E-state index is 0.420. The Morgan fingerprint density at radius 2 is 2.00 bits per heavy atom. The van der Waals surface area contributed by atoms with Crippen molar-refractivity contribution >= 4 is 27.3 Å². The first kappa shape index (κ1) is 11.8. The molecule has 1 N–H and O–H groups in total. The number of hydrogen-bond donors (Lipinski definition) is 1. The molecule has 0 fully saturated rings. The van der Waals surface area contributed by atoms with Gasteiger partial charge in [0.15, 0.2) is 0 Å². The van der Waals surface area contributed by atoms with E-state index in [1.807, 2.05) is 0 Å². The van der Waals surface area contributed by atoms with Crippen LogP contribution in [0.5, 0.6) is 0 Å². The predicted octanol–water partition coefficient (Wildman–Crippen LogP) is 4.36. The van der Waals surface area contributed by atoms with Gasteiger partial charge in [-0.2, -0.15) is 0 Å². The summed E-state index contributed by atoms with van der Waals surface area (Å²) in [5.41, 5.74) is 1.31. The Morgan fingerprint density at radius 1 is 1.25 bits per heavy atom. The van der Waals surface area contributed by atoms with E-state index < -0.39 is 0 Å². The van der Waals surface area contributed by atoms with Crippen molar-refractivity contribution in [2.45, 2.75) is 19.5 Å². The molecule has 84 valence electrons. The average Bonchev–Trinajstić information content (AvgIpc) is 2.81. The molecule has 0 aliphatic rings. The summed E-state index contributed by atoms with van der Waals surface area (Å²) in [6.45, 7) is 3.11. The molecule has 1 atom stereocenters. The topological polar surface area (TPSA) is 12.0 Å². The van der Waals surface area contributed by atoms with Gasteiger partial charge in [-0.1, -0.05) is 34.1 Å². The van der Waals surface area contributed by atoms with Crippen molar-refractivity contribution in [3.63, 3.8) is 0 Å². The third-order valence-electron chi connectivity index (χ3n) is 2.50. The first-order valence-corrected chi connectivity index (χ1v) is 6.94.